The molecule has 6 heteroatoms. The van der Waals surface area contributed by atoms with Crippen molar-refractivity contribution in [1.29, 1.82) is 0 Å². The molecule has 0 spiro atoms. The van der Waals surface area contributed by atoms with Gasteiger partial charge in [-0.05, 0) is 13.8 Å². The molecule has 0 aliphatic carbocycles. The van der Waals surface area contributed by atoms with Gasteiger partial charge in [0.1, 0.15) is 0 Å². The van der Waals surface area contributed by atoms with Crippen molar-refractivity contribution in [3.8, 4) is 0 Å². The van der Waals surface area contributed by atoms with Gasteiger partial charge >= 0.3 is 0 Å². The quantitative estimate of drug-likeness (QED) is 0.798. The third kappa shape index (κ3) is 3.28. The van der Waals surface area contributed by atoms with E-state index in [0.29, 0.717) is 6.04 Å². The number of piperazine rings is 1. The predicted molar refractivity (Wildman–Crippen MR) is 69.0 cm³/mol. The van der Waals surface area contributed by atoms with Crippen molar-refractivity contribution >= 4 is 0 Å². The molecule has 0 aromatic carbocycles. The van der Waals surface area contributed by atoms with E-state index in [1.807, 2.05) is 24.9 Å². The second-order valence-corrected chi connectivity index (χ2v) is 5.28. The predicted octanol–water partition coefficient (Wildman–Crippen LogP) is -0.298. The molecular weight excluding hydrogens is 230 g/mol. The summed E-state index contributed by atoms with van der Waals surface area (Å²) in [6.45, 7) is 8.80. The highest BCUT2D eigenvalue weighted by Gasteiger charge is 2.24. The molecule has 102 valence electrons. The molecule has 0 bridgehead atoms. The second kappa shape index (κ2) is 5.77. The maximum atomic E-state index is 9.43. The van der Waals surface area contributed by atoms with Crippen LogP contribution in [0.25, 0.3) is 0 Å². The number of nitrogens with zero attached hydrogens (tertiary/aromatic N) is 5. The van der Waals surface area contributed by atoms with Crippen LogP contribution in [0.4, 0.5) is 0 Å². The fraction of sp³-hybridized carbons (Fsp3) is 0.833. The number of aryl methyl sites for hydroxylation is 1. The number of hydrogen-bond donors (Lipinski definition) is 1. The topological polar surface area (TPSA) is 57.4 Å². The SMILES string of the molecule is CC(O)CN1CCN(Cc2cnnn2C)C(C)C1. The summed E-state index contributed by atoms with van der Waals surface area (Å²) < 4.78 is 1.83. The van der Waals surface area contributed by atoms with Gasteiger partial charge in [0.15, 0.2) is 0 Å². The lowest BCUT2D eigenvalue weighted by Crippen LogP contribution is -2.52. The number of rotatable bonds is 4. The summed E-state index contributed by atoms with van der Waals surface area (Å²) in [4.78, 5) is 4.77. The van der Waals surface area contributed by atoms with Crippen LogP contribution in [-0.2, 0) is 13.6 Å². The summed E-state index contributed by atoms with van der Waals surface area (Å²) in [5.74, 6) is 0. The van der Waals surface area contributed by atoms with E-state index in [-0.39, 0.29) is 6.10 Å². The van der Waals surface area contributed by atoms with Crippen molar-refractivity contribution in [3.05, 3.63) is 11.9 Å². The van der Waals surface area contributed by atoms with E-state index < -0.39 is 0 Å². The molecule has 2 heterocycles. The Morgan fingerprint density at radius 1 is 1.50 bits per heavy atom. The van der Waals surface area contributed by atoms with E-state index in [0.717, 1.165) is 38.4 Å². The Labute approximate surface area is 108 Å². The molecule has 0 radical (unpaired) electrons. The fourth-order valence-electron chi connectivity index (χ4n) is 2.51. The number of aromatic nitrogens is 3. The summed E-state index contributed by atoms with van der Waals surface area (Å²) in [5, 5.41) is 17.3. The Bertz CT molecular complexity index is 378. The van der Waals surface area contributed by atoms with Crippen molar-refractivity contribution < 1.29 is 5.11 Å². The minimum absolute atomic E-state index is 0.245. The van der Waals surface area contributed by atoms with Crippen LogP contribution in [0.5, 0.6) is 0 Å². The van der Waals surface area contributed by atoms with Gasteiger partial charge in [0.2, 0.25) is 0 Å². The molecule has 1 aliphatic rings. The lowest BCUT2D eigenvalue weighted by Gasteiger charge is -2.40. The first kappa shape index (κ1) is 13.5. The van der Waals surface area contributed by atoms with Crippen molar-refractivity contribution in [2.45, 2.75) is 32.5 Å². The van der Waals surface area contributed by atoms with Crippen LogP contribution in [-0.4, -0.2) is 68.2 Å². The monoisotopic (exact) mass is 253 g/mol. The van der Waals surface area contributed by atoms with Gasteiger partial charge in [0, 0.05) is 45.8 Å². The number of hydrogen-bond acceptors (Lipinski definition) is 5. The maximum absolute atomic E-state index is 9.43. The van der Waals surface area contributed by atoms with E-state index in [2.05, 4.69) is 27.0 Å². The Morgan fingerprint density at radius 3 is 2.83 bits per heavy atom. The zero-order valence-electron chi connectivity index (χ0n) is 11.5. The van der Waals surface area contributed by atoms with Crippen LogP contribution in [0.1, 0.15) is 19.5 Å². The van der Waals surface area contributed by atoms with Crippen molar-refractivity contribution in [3.63, 3.8) is 0 Å². The average molecular weight is 253 g/mol. The summed E-state index contributed by atoms with van der Waals surface area (Å²) in [6, 6.07) is 0.493. The molecule has 1 aromatic heterocycles. The zero-order valence-corrected chi connectivity index (χ0v) is 11.5. The molecule has 1 N–H and O–H groups in total. The summed E-state index contributed by atoms with van der Waals surface area (Å²) in [5.41, 5.74) is 1.14. The lowest BCUT2D eigenvalue weighted by molar-refractivity contribution is 0.0461. The van der Waals surface area contributed by atoms with Gasteiger partial charge in [-0.3, -0.25) is 14.5 Å². The van der Waals surface area contributed by atoms with Crippen molar-refractivity contribution in [2.24, 2.45) is 7.05 Å². The molecule has 6 nitrogen and oxygen atoms in total. The highest BCUT2D eigenvalue weighted by Crippen LogP contribution is 2.13. The van der Waals surface area contributed by atoms with Crippen LogP contribution in [0.15, 0.2) is 6.20 Å². The third-order valence-corrected chi connectivity index (χ3v) is 3.54. The van der Waals surface area contributed by atoms with Gasteiger partial charge in [-0.25, -0.2) is 0 Å². The van der Waals surface area contributed by atoms with Gasteiger partial charge in [-0.2, -0.15) is 0 Å². The first-order chi connectivity index (χ1) is 8.56. The van der Waals surface area contributed by atoms with Gasteiger partial charge in [0.25, 0.3) is 0 Å². The van der Waals surface area contributed by atoms with Crippen LogP contribution in [0.2, 0.25) is 0 Å². The van der Waals surface area contributed by atoms with E-state index in [9.17, 15) is 5.11 Å². The van der Waals surface area contributed by atoms with Crippen molar-refractivity contribution in [1.82, 2.24) is 24.8 Å². The summed E-state index contributed by atoms with van der Waals surface area (Å²) >= 11 is 0. The largest absolute Gasteiger partial charge is 0.392 e. The Kier molecular flexibility index (Phi) is 4.31. The van der Waals surface area contributed by atoms with Gasteiger partial charge in [-0.15, -0.1) is 5.10 Å². The van der Waals surface area contributed by atoms with Crippen LogP contribution in [0, 0.1) is 0 Å². The maximum Gasteiger partial charge on any atom is 0.0738 e. The first-order valence-electron chi connectivity index (χ1n) is 6.54. The second-order valence-electron chi connectivity index (χ2n) is 5.28. The Balaban J connectivity index is 1.88. The molecule has 2 atom stereocenters. The van der Waals surface area contributed by atoms with Gasteiger partial charge in [0.05, 0.1) is 18.0 Å². The molecule has 18 heavy (non-hydrogen) atoms. The van der Waals surface area contributed by atoms with Crippen LogP contribution < -0.4 is 0 Å². The normalized spacial score (nSPS) is 24.3. The first-order valence-corrected chi connectivity index (χ1v) is 6.54. The van der Waals surface area contributed by atoms with Crippen LogP contribution in [0.3, 0.4) is 0 Å². The smallest absolute Gasteiger partial charge is 0.0738 e. The van der Waals surface area contributed by atoms with Crippen LogP contribution >= 0.6 is 0 Å². The standard InChI is InChI=1S/C12H23N5O/c1-10-7-16(8-11(2)18)4-5-17(10)9-12-6-13-14-15(12)3/h6,10-11,18H,4-5,7-9H2,1-3H3. The summed E-state index contributed by atoms with van der Waals surface area (Å²) in [6.07, 6.45) is 1.58. The Hall–Kier alpha value is -0.980. The average Bonchev–Trinajstić information content (AvgIpc) is 2.67. The van der Waals surface area contributed by atoms with Gasteiger partial charge < -0.3 is 5.11 Å². The third-order valence-electron chi connectivity index (χ3n) is 3.54. The highest BCUT2D eigenvalue weighted by atomic mass is 16.3. The zero-order chi connectivity index (χ0) is 13.1. The molecular formula is C12H23N5O. The molecule has 2 rings (SSSR count). The molecule has 1 saturated heterocycles. The minimum Gasteiger partial charge on any atom is -0.392 e. The summed E-state index contributed by atoms with van der Waals surface area (Å²) in [7, 11) is 1.93. The van der Waals surface area contributed by atoms with E-state index >= 15 is 0 Å². The number of aliphatic hydroxyl groups is 1. The molecule has 2 unspecified atom stereocenters. The van der Waals surface area contributed by atoms with E-state index in [1.165, 1.54) is 0 Å². The Morgan fingerprint density at radius 2 is 2.28 bits per heavy atom. The van der Waals surface area contributed by atoms with Crippen molar-refractivity contribution in [2.75, 3.05) is 26.2 Å². The molecule has 1 aromatic rings. The van der Waals surface area contributed by atoms with E-state index in [1.54, 1.807) is 0 Å². The molecule has 1 aliphatic heterocycles. The highest BCUT2D eigenvalue weighted by molar-refractivity contribution is 4.95. The minimum atomic E-state index is -0.245. The fourth-order valence-corrected chi connectivity index (χ4v) is 2.51. The number of aliphatic hydroxyl groups excluding tert-OH is 1. The lowest BCUT2D eigenvalue weighted by atomic mass is 10.1. The number of β-amino-alcohol motifs (C(OH)–C–C–N with tert-alkyl or cyclic N) is 1. The molecule has 0 amide bonds. The van der Waals surface area contributed by atoms with Gasteiger partial charge in [-0.1, -0.05) is 5.21 Å². The molecule has 0 saturated carbocycles. The van der Waals surface area contributed by atoms with E-state index in [4.69, 9.17) is 0 Å². The molecule has 1 fully saturated rings.